The standard InChI is InChI=1S/C22H30FN9O2/c1-12(2)32-15-9-18(26-10-13(15)19(30-32)29-22(3,4)20(24)34)27-17-5-7-25-21(28-17)31-8-6-16(33)14(23)11-31/h5,7,9-10,12,14,16,33H,6,8,11H2,1-4H3,(H2,24,34)(H,29,30)(H,25,26,27,28)/t14-,16+/m0/s1. The van der Waals surface area contributed by atoms with Crippen molar-refractivity contribution in [1.29, 1.82) is 0 Å². The number of piperidine rings is 1. The van der Waals surface area contributed by atoms with Gasteiger partial charge in [-0.2, -0.15) is 10.1 Å². The predicted molar refractivity (Wildman–Crippen MR) is 128 cm³/mol. The second-order valence-corrected chi connectivity index (χ2v) is 9.27. The smallest absolute Gasteiger partial charge is 0.242 e. The Balaban J connectivity index is 1.61. The molecule has 0 spiro atoms. The molecule has 1 fully saturated rings. The van der Waals surface area contributed by atoms with Crippen LogP contribution in [0.3, 0.4) is 0 Å². The maximum atomic E-state index is 13.9. The highest BCUT2D eigenvalue weighted by Gasteiger charge is 2.29. The van der Waals surface area contributed by atoms with Crippen molar-refractivity contribution in [2.24, 2.45) is 5.73 Å². The summed E-state index contributed by atoms with van der Waals surface area (Å²) < 4.78 is 15.8. The number of nitrogens with one attached hydrogen (secondary N) is 2. The van der Waals surface area contributed by atoms with Gasteiger partial charge in [-0.25, -0.2) is 14.4 Å². The molecule has 4 rings (SSSR count). The highest BCUT2D eigenvalue weighted by Crippen LogP contribution is 2.29. The van der Waals surface area contributed by atoms with Crippen LogP contribution in [-0.4, -0.2) is 66.7 Å². The maximum absolute atomic E-state index is 13.9. The number of carbonyl (C=O) groups is 1. The van der Waals surface area contributed by atoms with E-state index < -0.39 is 23.7 Å². The van der Waals surface area contributed by atoms with E-state index in [1.165, 1.54) is 0 Å². The maximum Gasteiger partial charge on any atom is 0.242 e. The van der Waals surface area contributed by atoms with Crippen LogP contribution in [0.1, 0.15) is 40.2 Å². The van der Waals surface area contributed by atoms with Crippen molar-refractivity contribution < 1.29 is 14.3 Å². The summed E-state index contributed by atoms with van der Waals surface area (Å²) in [5.74, 6) is 1.45. The fourth-order valence-electron chi connectivity index (χ4n) is 3.72. The lowest BCUT2D eigenvalue weighted by Crippen LogP contribution is -2.45. The molecule has 0 bridgehead atoms. The molecule has 0 radical (unpaired) electrons. The fourth-order valence-corrected chi connectivity index (χ4v) is 3.72. The minimum atomic E-state index is -1.34. The third-order valence-corrected chi connectivity index (χ3v) is 5.82. The Bertz CT molecular complexity index is 1200. The van der Waals surface area contributed by atoms with Gasteiger partial charge < -0.3 is 26.4 Å². The molecule has 3 aromatic heterocycles. The zero-order valence-corrected chi connectivity index (χ0v) is 19.7. The van der Waals surface area contributed by atoms with Crippen molar-refractivity contribution in [2.75, 3.05) is 28.6 Å². The number of hydrogen-bond donors (Lipinski definition) is 4. The van der Waals surface area contributed by atoms with Crippen LogP contribution in [-0.2, 0) is 4.79 Å². The summed E-state index contributed by atoms with van der Waals surface area (Å²) in [6.45, 7) is 7.92. The molecule has 12 heteroatoms. The van der Waals surface area contributed by atoms with Crippen molar-refractivity contribution in [3.63, 3.8) is 0 Å². The number of pyridine rings is 1. The first-order chi connectivity index (χ1) is 16.0. The van der Waals surface area contributed by atoms with E-state index in [-0.39, 0.29) is 12.6 Å². The van der Waals surface area contributed by atoms with Crippen LogP contribution < -0.4 is 21.3 Å². The van der Waals surface area contributed by atoms with Gasteiger partial charge in [-0.1, -0.05) is 0 Å². The van der Waals surface area contributed by atoms with Gasteiger partial charge in [0.15, 0.2) is 5.82 Å². The van der Waals surface area contributed by atoms with Crippen molar-refractivity contribution >= 4 is 40.2 Å². The lowest BCUT2D eigenvalue weighted by molar-refractivity contribution is -0.121. The number of aromatic nitrogens is 5. The fraction of sp³-hybridized carbons (Fsp3) is 0.500. The van der Waals surface area contributed by atoms with Crippen LogP contribution in [0.25, 0.3) is 10.9 Å². The highest BCUT2D eigenvalue weighted by molar-refractivity contribution is 5.94. The SMILES string of the molecule is CC(C)n1nc(NC(C)(C)C(N)=O)c2cnc(Nc3ccnc(N4CC[C@@H](O)[C@@H](F)C4)n3)cc21. The number of alkyl halides is 1. The van der Waals surface area contributed by atoms with Crippen LogP contribution in [0, 0.1) is 0 Å². The van der Waals surface area contributed by atoms with E-state index in [1.54, 1.807) is 37.2 Å². The topological polar surface area (TPSA) is 147 Å². The first-order valence-corrected chi connectivity index (χ1v) is 11.2. The monoisotopic (exact) mass is 471 g/mol. The molecule has 0 unspecified atom stereocenters. The number of anilines is 4. The number of aliphatic hydroxyl groups excluding tert-OH is 1. The lowest BCUT2D eigenvalue weighted by Gasteiger charge is -2.32. The number of halogens is 1. The first-order valence-electron chi connectivity index (χ1n) is 11.2. The van der Waals surface area contributed by atoms with E-state index in [0.29, 0.717) is 36.4 Å². The number of rotatable bonds is 7. The molecule has 182 valence electrons. The van der Waals surface area contributed by atoms with Gasteiger partial charge >= 0.3 is 0 Å². The number of carbonyl (C=O) groups excluding carboxylic acids is 1. The molecule has 0 aliphatic carbocycles. The Labute approximate surface area is 196 Å². The summed E-state index contributed by atoms with van der Waals surface area (Å²) in [7, 11) is 0. The molecule has 3 aromatic rings. The van der Waals surface area contributed by atoms with E-state index in [0.717, 1.165) is 10.9 Å². The average molecular weight is 472 g/mol. The van der Waals surface area contributed by atoms with Crippen molar-refractivity contribution in [3.8, 4) is 0 Å². The predicted octanol–water partition coefficient (Wildman–Crippen LogP) is 2.13. The molecule has 1 aliphatic heterocycles. The van der Waals surface area contributed by atoms with Gasteiger partial charge in [0.1, 0.15) is 23.3 Å². The van der Waals surface area contributed by atoms with Gasteiger partial charge in [0, 0.05) is 31.0 Å². The number of primary amides is 1. The Kier molecular flexibility index (Phi) is 6.26. The van der Waals surface area contributed by atoms with Gasteiger partial charge in [-0.3, -0.25) is 9.48 Å². The molecule has 2 atom stereocenters. The Morgan fingerprint density at radius 1 is 1.32 bits per heavy atom. The zero-order chi connectivity index (χ0) is 24.6. The molecule has 1 aliphatic rings. The van der Waals surface area contributed by atoms with Crippen LogP contribution in [0.15, 0.2) is 24.5 Å². The molecular formula is C22H30FN9O2. The zero-order valence-electron chi connectivity index (χ0n) is 19.7. The van der Waals surface area contributed by atoms with E-state index in [1.807, 2.05) is 24.6 Å². The quantitative estimate of drug-likeness (QED) is 0.407. The van der Waals surface area contributed by atoms with Gasteiger partial charge in [0.25, 0.3) is 0 Å². The normalized spacial score (nSPS) is 19.0. The largest absolute Gasteiger partial charge is 0.390 e. The third-order valence-electron chi connectivity index (χ3n) is 5.82. The summed E-state index contributed by atoms with van der Waals surface area (Å²) in [4.78, 5) is 26.7. The van der Waals surface area contributed by atoms with E-state index >= 15 is 0 Å². The molecule has 11 nitrogen and oxygen atoms in total. The molecule has 34 heavy (non-hydrogen) atoms. The third kappa shape index (κ3) is 4.72. The summed E-state index contributed by atoms with van der Waals surface area (Å²) in [5.41, 5.74) is 5.34. The summed E-state index contributed by atoms with van der Waals surface area (Å²) in [6, 6.07) is 3.60. The highest BCUT2D eigenvalue weighted by atomic mass is 19.1. The van der Waals surface area contributed by atoms with Crippen molar-refractivity contribution in [1.82, 2.24) is 24.7 Å². The number of nitrogens with two attached hydrogens (primary N) is 1. The summed E-state index contributed by atoms with van der Waals surface area (Å²) in [5, 5.41) is 21.3. The minimum absolute atomic E-state index is 0.0415. The molecule has 4 heterocycles. The number of nitrogens with zero attached hydrogens (tertiary/aromatic N) is 6. The Morgan fingerprint density at radius 3 is 2.76 bits per heavy atom. The van der Waals surface area contributed by atoms with E-state index in [4.69, 9.17) is 5.73 Å². The molecule has 1 amide bonds. The summed E-state index contributed by atoms with van der Waals surface area (Å²) >= 11 is 0. The van der Waals surface area contributed by atoms with Crippen molar-refractivity contribution in [3.05, 3.63) is 24.5 Å². The molecular weight excluding hydrogens is 441 g/mol. The van der Waals surface area contributed by atoms with E-state index in [9.17, 15) is 14.3 Å². The average Bonchev–Trinajstić information content (AvgIpc) is 3.13. The van der Waals surface area contributed by atoms with Crippen molar-refractivity contribution in [2.45, 2.75) is 58.0 Å². The molecule has 0 saturated carbocycles. The molecule has 0 aromatic carbocycles. The number of amides is 1. The summed E-state index contributed by atoms with van der Waals surface area (Å²) in [6.07, 6.45) is 1.30. The Hall–Kier alpha value is -3.54. The molecule has 1 saturated heterocycles. The Morgan fingerprint density at radius 2 is 2.09 bits per heavy atom. The number of aliphatic hydroxyl groups is 1. The second-order valence-electron chi connectivity index (χ2n) is 9.27. The van der Waals surface area contributed by atoms with Crippen LogP contribution in [0.5, 0.6) is 0 Å². The van der Waals surface area contributed by atoms with Crippen LogP contribution >= 0.6 is 0 Å². The second kappa shape index (κ2) is 9.01. The lowest BCUT2D eigenvalue weighted by atomic mass is 10.1. The van der Waals surface area contributed by atoms with Crippen LogP contribution in [0.4, 0.5) is 27.8 Å². The first kappa shape index (κ1) is 23.6. The minimum Gasteiger partial charge on any atom is -0.390 e. The molecule has 5 N–H and O–H groups in total. The van der Waals surface area contributed by atoms with E-state index in [2.05, 4.69) is 30.7 Å². The van der Waals surface area contributed by atoms with Gasteiger partial charge in [-0.15, -0.1) is 0 Å². The van der Waals surface area contributed by atoms with Gasteiger partial charge in [-0.05, 0) is 40.2 Å². The van der Waals surface area contributed by atoms with Crippen LogP contribution in [0.2, 0.25) is 0 Å². The number of fused-ring (bicyclic) bond motifs is 1. The number of hydrogen-bond acceptors (Lipinski definition) is 9. The van der Waals surface area contributed by atoms with Gasteiger partial charge in [0.2, 0.25) is 11.9 Å². The van der Waals surface area contributed by atoms with Gasteiger partial charge in [0.05, 0.1) is 23.6 Å².